The molecule has 0 fully saturated rings. The molecule has 0 aliphatic heterocycles. The number of carbonyl (C=O) groups is 1. The molecule has 84 valence electrons. The first-order chi connectivity index (χ1) is 6.28. The Labute approximate surface area is 79.0 Å². The lowest BCUT2D eigenvalue weighted by molar-refractivity contribution is -0.127. The second-order valence-electron chi connectivity index (χ2n) is 2.47. The molecule has 9 heteroatoms. The van der Waals surface area contributed by atoms with E-state index in [1.54, 1.807) is 0 Å². The van der Waals surface area contributed by atoms with E-state index in [0.717, 1.165) is 0 Å². The molecule has 0 saturated carbocycles. The largest absolute Gasteiger partial charge is 0.469 e. The Balaban J connectivity index is 4.02. The maximum Gasteiger partial charge on any atom is 0.469 e. The summed E-state index contributed by atoms with van der Waals surface area (Å²) >= 11 is 0. The molecule has 8 nitrogen and oxygen atoms in total. The molecule has 0 rings (SSSR count). The van der Waals surface area contributed by atoms with Crippen LogP contribution in [0.15, 0.2) is 0 Å². The second kappa shape index (κ2) is 5.52. The van der Waals surface area contributed by atoms with E-state index in [9.17, 15) is 9.36 Å². The summed E-state index contributed by atoms with van der Waals surface area (Å²) in [5, 5.41) is 26.6. The fourth-order valence-electron chi connectivity index (χ4n) is 0.580. The van der Waals surface area contributed by atoms with Crippen LogP contribution >= 0.6 is 7.82 Å². The van der Waals surface area contributed by atoms with E-state index >= 15 is 0 Å². The van der Waals surface area contributed by atoms with Crippen LogP contribution in [0.3, 0.4) is 0 Å². The van der Waals surface area contributed by atoms with Gasteiger partial charge in [-0.1, -0.05) is 0 Å². The van der Waals surface area contributed by atoms with Gasteiger partial charge in [0, 0.05) is 0 Å². The normalized spacial score (nSPS) is 18.6. The molecule has 0 aromatic carbocycles. The Morgan fingerprint density at radius 2 is 1.79 bits per heavy atom. The molecule has 0 heterocycles. The van der Waals surface area contributed by atoms with Crippen LogP contribution in [0.1, 0.15) is 0 Å². The van der Waals surface area contributed by atoms with Crippen LogP contribution < -0.4 is 0 Å². The standard InChI is InChI=1S/C5H11O8P/c6-1-3(7)5(9)4(8)2-13-14(10,11)12/h1,3-5,7-9H,2H2,(H2,10,11,12)/t3-,4?,5-/m0/s1. The predicted molar refractivity (Wildman–Crippen MR) is 42.1 cm³/mol. The van der Waals surface area contributed by atoms with Crippen molar-refractivity contribution < 1.29 is 39.0 Å². The van der Waals surface area contributed by atoms with Gasteiger partial charge in [0.25, 0.3) is 0 Å². The molecule has 5 N–H and O–H groups in total. The van der Waals surface area contributed by atoms with Gasteiger partial charge in [-0.25, -0.2) is 4.57 Å². The van der Waals surface area contributed by atoms with E-state index in [-0.39, 0.29) is 6.29 Å². The number of hydrogen-bond donors (Lipinski definition) is 5. The summed E-state index contributed by atoms with van der Waals surface area (Å²) < 4.78 is 14.0. The van der Waals surface area contributed by atoms with Crippen molar-refractivity contribution in [2.24, 2.45) is 0 Å². The summed E-state index contributed by atoms with van der Waals surface area (Å²) in [5.74, 6) is 0. The van der Waals surface area contributed by atoms with Crippen LogP contribution in [-0.4, -0.2) is 56.3 Å². The molecule has 0 amide bonds. The monoisotopic (exact) mass is 230 g/mol. The highest BCUT2D eigenvalue weighted by molar-refractivity contribution is 7.46. The third-order valence-electron chi connectivity index (χ3n) is 1.30. The van der Waals surface area contributed by atoms with Crippen molar-refractivity contribution in [1.82, 2.24) is 0 Å². The number of carbonyl (C=O) groups excluding carboxylic acids is 1. The number of rotatable bonds is 6. The summed E-state index contributed by atoms with van der Waals surface area (Å²) in [5.41, 5.74) is 0. The van der Waals surface area contributed by atoms with Crippen molar-refractivity contribution in [3.63, 3.8) is 0 Å². The molecule has 0 aliphatic rings. The molecular weight excluding hydrogens is 219 g/mol. The topological polar surface area (TPSA) is 145 Å². The van der Waals surface area contributed by atoms with Crippen molar-refractivity contribution in [2.45, 2.75) is 18.3 Å². The van der Waals surface area contributed by atoms with Gasteiger partial charge in [0.1, 0.15) is 18.3 Å². The minimum absolute atomic E-state index is 0.0225. The van der Waals surface area contributed by atoms with Crippen LogP contribution in [0.25, 0.3) is 0 Å². The highest BCUT2D eigenvalue weighted by Crippen LogP contribution is 2.35. The number of phosphoric ester groups is 1. The molecule has 0 aromatic heterocycles. The lowest BCUT2D eigenvalue weighted by Gasteiger charge is -2.19. The van der Waals surface area contributed by atoms with Gasteiger partial charge in [0.05, 0.1) is 6.61 Å². The molecule has 0 radical (unpaired) electrons. The molecule has 0 bridgehead atoms. The average Bonchev–Trinajstić information content (AvgIpc) is 2.10. The molecule has 0 saturated heterocycles. The summed E-state index contributed by atoms with van der Waals surface area (Å²) in [6, 6.07) is 0. The van der Waals surface area contributed by atoms with E-state index < -0.39 is 32.7 Å². The second-order valence-corrected chi connectivity index (χ2v) is 3.71. The lowest BCUT2D eigenvalue weighted by Crippen LogP contribution is -2.40. The minimum atomic E-state index is -4.74. The van der Waals surface area contributed by atoms with E-state index in [1.165, 1.54) is 0 Å². The van der Waals surface area contributed by atoms with Crippen LogP contribution in [0.5, 0.6) is 0 Å². The summed E-state index contributed by atoms with van der Waals surface area (Å²) in [7, 11) is -4.74. The zero-order chi connectivity index (χ0) is 11.4. The molecular formula is C5H11O8P. The molecule has 0 spiro atoms. The van der Waals surface area contributed by atoms with Crippen LogP contribution in [0, 0.1) is 0 Å². The van der Waals surface area contributed by atoms with Crippen LogP contribution in [0.4, 0.5) is 0 Å². The van der Waals surface area contributed by atoms with Gasteiger partial charge in [-0.2, -0.15) is 0 Å². The van der Waals surface area contributed by atoms with E-state index in [4.69, 9.17) is 25.1 Å². The van der Waals surface area contributed by atoms with Gasteiger partial charge in [-0.05, 0) is 0 Å². The van der Waals surface area contributed by atoms with E-state index in [0.29, 0.717) is 0 Å². The number of aliphatic hydroxyl groups is 3. The lowest BCUT2D eigenvalue weighted by atomic mass is 10.1. The fourth-order valence-corrected chi connectivity index (χ4v) is 0.927. The average molecular weight is 230 g/mol. The molecule has 0 aliphatic carbocycles. The fraction of sp³-hybridized carbons (Fsp3) is 0.800. The summed E-state index contributed by atoms with van der Waals surface area (Å²) in [6.45, 7) is -0.893. The van der Waals surface area contributed by atoms with Crippen molar-refractivity contribution in [1.29, 1.82) is 0 Å². The van der Waals surface area contributed by atoms with Crippen molar-refractivity contribution in [2.75, 3.05) is 6.61 Å². The molecule has 3 atom stereocenters. The Morgan fingerprint density at radius 1 is 1.29 bits per heavy atom. The Kier molecular flexibility index (Phi) is 5.38. The zero-order valence-electron chi connectivity index (χ0n) is 6.92. The van der Waals surface area contributed by atoms with Gasteiger partial charge in [-0.15, -0.1) is 0 Å². The zero-order valence-corrected chi connectivity index (χ0v) is 7.82. The smallest absolute Gasteiger partial charge is 0.388 e. The quantitative estimate of drug-likeness (QED) is 0.246. The summed E-state index contributed by atoms with van der Waals surface area (Å²) in [4.78, 5) is 26.4. The number of phosphoric acid groups is 1. The van der Waals surface area contributed by atoms with Gasteiger partial charge < -0.3 is 29.9 Å². The number of aliphatic hydroxyl groups excluding tert-OH is 3. The van der Waals surface area contributed by atoms with Gasteiger partial charge in [0.15, 0.2) is 6.29 Å². The first kappa shape index (κ1) is 13.7. The third-order valence-corrected chi connectivity index (χ3v) is 1.78. The van der Waals surface area contributed by atoms with E-state index in [1.807, 2.05) is 0 Å². The van der Waals surface area contributed by atoms with Gasteiger partial charge in [0.2, 0.25) is 0 Å². The maximum absolute atomic E-state index is 10.1. The number of aldehydes is 1. The van der Waals surface area contributed by atoms with E-state index in [2.05, 4.69) is 4.52 Å². The Morgan fingerprint density at radius 3 is 2.14 bits per heavy atom. The molecule has 14 heavy (non-hydrogen) atoms. The van der Waals surface area contributed by atoms with Crippen LogP contribution in [-0.2, 0) is 13.9 Å². The maximum atomic E-state index is 10.1. The van der Waals surface area contributed by atoms with Crippen molar-refractivity contribution in [3.05, 3.63) is 0 Å². The molecule has 0 aromatic rings. The van der Waals surface area contributed by atoms with Crippen LogP contribution in [0.2, 0.25) is 0 Å². The first-order valence-corrected chi connectivity index (χ1v) is 5.00. The Hall–Kier alpha value is -0.340. The Bertz CT molecular complexity index is 224. The highest BCUT2D eigenvalue weighted by Gasteiger charge is 2.27. The van der Waals surface area contributed by atoms with Gasteiger partial charge in [-0.3, -0.25) is 4.52 Å². The van der Waals surface area contributed by atoms with Crippen molar-refractivity contribution >= 4 is 14.1 Å². The number of hydrogen-bond acceptors (Lipinski definition) is 6. The summed E-state index contributed by atoms with van der Waals surface area (Å²) in [6.07, 6.45) is -5.46. The van der Waals surface area contributed by atoms with Gasteiger partial charge >= 0.3 is 7.82 Å². The van der Waals surface area contributed by atoms with Crippen molar-refractivity contribution in [3.8, 4) is 0 Å². The third kappa shape index (κ3) is 5.40. The predicted octanol–water partition coefficient (Wildman–Crippen LogP) is -2.62. The molecule has 1 unspecified atom stereocenters. The minimum Gasteiger partial charge on any atom is -0.388 e. The highest BCUT2D eigenvalue weighted by atomic mass is 31.2. The SMILES string of the molecule is O=C[C@H](O)[C@H](O)C(O)COP(=O)(O)O. The first-order valence-electron chi connectivity index (χ1n) is 3.47.